The van der Waals surface area contributed by atoms with Gasteiger partial charge in [0.15, 0.2) is 0 Å². The number of thioether (sulfide) groups is 1. The Labute approximate surface area is 104 Å². The van der Waals surface area contributed by atoms with Crippen LogP contribution in [0.5, 0.6) is 0 Å². The minimum atomic E-state index is -0.519. The molecule has 0 aromatic heterocycles. The van der Waals surface area contributed by atoms with Crippen LogP contribution in [0.25, 0.3) is 0 Å². The number of rotatable bonds is 5. The van der Waals surface area contributed by atoms with Crippen LogP contribution in [0.3, 0.4) is 0 Å². The van der Waals surface area contributed by atoms with E-state index < -0.39 is 4.92 Å². The summed E-state index contributed by atoms with van der Waals surface area (Å²) in [7, 11) is 3.95. The van der Waals surface area contributed by atoms with Crippen molar-refractivity contribution in [2.45, 2.75) is 4.90 Å². The van der Waals surface area contributed by atoms with Gasteiger partial charge < -0.3 is 4.90 Å². The Hall–Kier alpha value is -1.58. The number of benzene rings is 1. The van der Waals surface area contributed by atoms with Crippen molar-refractivity contribution < 1.29 is 4.92 Å². The Morgan fingerprint density at radius 1 is 1.53 bits per heavy atom. The predicted octanol–water partition coefficient (Wildman–Crippen LogP) is 2.12. The second-order valence-electron chi connectivity index (χ2n) is 3.70. The summed E-state index contributed by atoms with van der Waals surface area (Å²) in [5.41, 5.74) is -0.0192. The number of nitro benzene ring substituents is 1. The highest BCUT2D eigenvalue weighted by atomic mass is 32.2. The maximum absolute atomic E-state index is 10.8. The summed E-state index contributed by atoms with van der Waals surface area (Å²) in [5.74, 6) is 0.857. The summed E-state index contributed by atoms with van der Waals surface area (Å²) >= 11 is 1.54. The van der Waals surface area contributed by atoms with Crippen LogP contribution in [0.15, 0.2) is 23.1 Å². The summed E-state index contributed by atoms with van der Waals surface area (Å²) in [5, 5.41) is 19.5. The summed E-state index contributed by atoms with van der Waals surface area (Å²) in [4.78, 5) is 13.1. The molecule has 0 aliphatic carbocycles. The molecule has 0 saturated heterocycles. The van der Waals surface area contributed by atoms with E-state index in [2.05, 4.69) is 0 Å². The Morgan fingerprint density at radius 3 is 2.76 bits per heavy atom. The van der Waals surface area contributed by atoms with Crippen molar-refractivity contribution in [3.05, 3.63) is 33.9 Å². The van der Waals surface area contributed by atoms with Crippen LogP contribution in [-0.2, 0) is 0 Å². The van der Waals surface area contributed by atoms with E-state index in [9.17, 15) is 10.1 Å². The Bertz CT molecular complexity index is 455. The zero-order valence-electron chi connectivity index (χ0n) is 9.71. The molecule has 0 saturated carbocycles. The molecule has 0 heterocycles. The van der Waals surface area contributed by atoms with Gasteiger partial charge in [0.05, 0.1) is 4.92 Å². The van der Waals surface area contributed by atoms with Gasteiger partial charge in [0, 0.05) is 23.3 Å². The van der Waals surface area contributed by atoms with Crippen LogP contribution in [0.2, 0.25) is 0 Å². The lowest BCUT2D eigenvalue weighted by Gasteiger charge is -2.08. The molecule has 17 heavy (non-hydrogen) atoms. The van der Waals surface area contributed by atoms with Crippen molar-refractivity contribution in [1.82, 2.24) is 4.90 Å². The first kappa shape index (κ1) is 13.5. The summed E-state index contributed by atoms with van der Waals surface area (Å²) < 4.78 is 0. The molecule has 0 aliphatic rings. The maximum atomic E-state index is 10.8. The molecule has 1 aromatic rings. The third-order valence-corrected chi connectivity index (χ3v) is 3.07. The molecule has 0 N–H and O–H groups in total. The molecule has 0 spiro atoms. The second-order valence-corrected chi connectivity index (χ2v) is 4.87. The van der Waals surface area contributed by atoms with Gasteiger partial charge in [-0.15, -0.1) is 11.8 Å². The molecule has 0 unspecified atom stereocenters. The summed E-state index contributed by atoms with van der Waals surface area (Å²) in [6, 6.07) is 6.51. The first-order valence-corrected chi connectivity index (χ1v) is 5.99. The fraction of sp³-hybridized carbons (Fsp3) is 0.364. The zero-order chi connectivity index (χ0) is 12.8. The maximum Gasteiger partial charge on any atom is 0.288 e. The van der Waals surface area contributed by atoms with E-state index in [1.54, 1.807) is 17.8 Å². The van der Waals surface area contributed by atoms with Gasteiger partial charge in [0.2, 0.25) is 0 Å². The molecule has 0 bridgehead atoms. The van der Waals surface area contributed by atoms with Crippen LogP contribution in [-0.4, -0.2) is 36.2 Å². The lowest BCUT2D eigenvalue weighted by molar-refractivity contribution is -0.385. The topological polar surface area (TPSA) is 70.2 Å². The quantitative estimate of drug-likeness (QED) is 0.455. The normalized spacial score (nSPS) is 10.2. The fourth-order valence-corrected chi connectivity index (χ4v) is 2.24. The summed E-state index contributed by atoms with van der Waals surface area (Å²) in [6.07, 6.45) is 0. The van der Waals surface area contributed by atoms with Gasteiger partial charge in [-0.1, -0.05) is 0 Å². The SMILES string of the molecule is CN(C)CCSc1ccc(C#N)c([N+](=O)[O-])c1. The minimum Gasteiger partial charge on any atom is -0.309 e. The molecule has 1 rings (SSSR count). The fourth-order valence-electron chi connectivity index (χ4n) is 1.19. The monoisotopic (exact) mass is 251 g/mol. The number of nitriles is 1. The molecule has 0 amide bonds. The molecule has 6 heteroatoms. The molecule has 5 nitrogen and oxygen atoms in total. The average molecular weight is 251 g/mol. The molecule has 0 fully saturated rings. The van der Waals surface area contributed by atoms with E-state index in [0.29, 0.717) is 0 Å². The third kappa shape index (κ3) is 4.06. The average Bonchev–Trinajstić information content (AvgIpc) is 2.28. The molecular weight excluding hydrogens is 238 g/mol. The van der Waals surface area contributed by atoms with Crippen LogP contribution < -0.4 is 0 Å². The van der Waals surface area contributed by atoms with Crippen LogP contribution >= 0.6 is 11.8 Å². The largest absolute Gasteiger partial charge is 0.309 e. The van der Waals surface area contributed by atoms with E-state index in [0.717, 1.165) is 17.2 Å². The van der Waals surface area contributed by atoms with Gasteiger partial charge in [0.25, 0.3) is 5.69 Å². The molecular formula is C11H13N3O2S. The van der Waals surface area contributed by atoms with Crippen molar-refractivity contribution in [2.24, 2.45) is 0 Å². The molecule has 0 radical (unpaired) electrons. The molecule has 0 atom stereocenters. The Morgan fingerprint density at radius 2 is 2.24 bits per heavy atom. The van der Waals surface area contributed by atoms with Crippen molar-refractivity contribution >= 4 is 17.4 Å². The predicted molar refractivity (Wildman–Crippen MR) is 67.1 cm³/mol. The van der Waals surface area contributed by atoms with Gasteiger partial charge >= 0.3 is 0 Å². The van der Waals surface area contributed by atoms with Crippen LogP contribution in [0.4, 0.5) is 5.69 Å². The smallest absolute Gasteiger partial charge is 0.288 e. The van der Waals surface area contributed by atoms with Crippen molar-refractivity contribution in [2.75, 3.05) is 26.4 Å². The van der Waals surface area contributed by atoms with E-state index in [4.69, 9.17) is 5.26 Å². The molecule has 0 aliphatic heterocycles. The Balaban J connectivity index is 2.79. The molecule has 1 aromatic carbocycles. The van der Waals surface area contributed by atoms with E-state index in [-0.39, 0.29) is 11.3 Å². The number of nitro groups is 1. The number of nitrogens with zero attached hydrogens (tertiary/aromatic N) is 3. The highest BCUT2D eigenvalue weighted by Gasteiger charge is 2.14. The number of hydrogen-bond acceptors (Lipinski definition) is 5. The van der Waals surface area contributed by atoms with Crippen LogP contribution in [0, 0.1) is 21.4 Å². The zero-order valence-corrected chi connectivity index (χ0v) is 10.5. The second kappa shape index (κ2) is 6.23. The molecule has 90 valence electrons. The number of hydrogen-bond donors (Lipinski definition) is 0. The summed E-state index contributed by atoms with van der Waals surface area (Å²) in [6.45, 7) is 0.901. The van der Waals surface area contributed by atoms with Gasteiger partial charge in [-0.25, -0.2) is 0 Å². The Kier molecular flexibility index (Phi) is 4.94. The third-order valence-electron chi connectivity index (χ3n) is 2.09. The van der Waals surface area contributed by atoms with E-state index >= 15 is 0 Å². The highest BCUT2D eigenvalue weighted by Crippen LogP contribution is 2.26. The first-order chi connectivity index (χ1) is 8.04. The lowest BCUT2D eigenvalue weighted by Crippen LogP contribution is -2.14. The van der Waals surface area contributed by atoms with Crippen molar-refractivity contribution in [1.29, 1.82) is 5.26 Å². The first-order valence-electron chi connectivity index (χ1n) is 5.00. The highest BCUT2D eigenvalue weighted by molar-refractivity contribution is 7.99. The standard InChI is InChI=1S/C11H13N3O2S/c1-13(2)5-6-17-10-4-3-9(8-12)11(7-10)14(15)16/h3-4,7H,5-6H2,1-2H3. The van der Waals surface area contributed by atoms with Gasteiger partial charge in [-0.05, 0) is 26.2 Å². The van der Waals surface area contributed by atoms with Gasteiger partial charge in [-0.3, -0.25) is 10.1 Å². The minimum absolute atomic E-state index is 0.104. The van der Waals surface area contributed by atoms with E-state index in [1.165, 1.54) is 12.1 Å². The van der Waals surface area contributed by atoms with Crippen molar-refractivity contribution in [3.63, 3.8) is 0 Å². The van der Waals surface area contributed by atoms with Gasteiger partial charge in [-0.2, -0.15) is 5.26 Å². The van der Waals surface area contributed by atoms with E-state index in [1.807, 2.05) is 25.1 Å². The van der Waals surface area contributed by atoms with Crippen LogP contribution in [0.1, 0.15) is 5.56 Å². The van der Waals surface area contributed by atoms with Crippen molar-refractivity contribution in [3.8, 4) is 6.07 Å². The van der Waals surface area contributed by atoms with Gasteiger partial charge in [0.1, 0.15) is 11.6 Å². The lowest BCUT2D eigenvalue weighted by atomic mass is 10.2.